The number of nitrogens with one attached hydrogen (secondary N) is 1. The summed E-state index contributed by atoms with van der Waals surface area (Å²) in [5.74, 6) is -0.501. The van der Waals surface area contributed by atoms with Gasteiger partial charge in [-0.3, -0.25) is 9.59 Å². The Hall–Kier alpha value is -2.44. The predicted molar refractivity (Wildman–Crippen MR) is 282 cm³/mol. The number of allylic oxidation sites excluding steroid dienone is 10. The highest BCUT2D eigenvalue weighted by atomic mass is 16.5. The van der Waals surface area contributed by atoms with Crippen LogP contribution in [0.15, 0.2) is 60.8 Å². The normalized spacial score (nSPS) is 13.6. The lowest BCUT2D eigenvalue weighted by molar-refractivity contribution is -0.151. The van der Waals surface area contributed by atoms with Crippen LogP contribution in [0.25, 0.3) is 0 Å². The summed E-state index contributed by atoms with van der Waals surface area (Å²) in [6.45, 7) is 6.36. The summed E-state index contributed by atoms with van der Waals surface area (Å²) >= 11 is 0. The van der Waals surface area contributed by atoms with Crippen molar-refractivity contribution in [2.24, 2.45) is 0 Å². The standard InChI is InChI=1S/C59H107NO5/c1-4-7-10-13-16-19-22-25-28-29-31-32-35-38-41-44-47-50-55(65-59(64)52-49-46-43-40-37-34-27-24-21-18-15-12-9-6-3)53-58(63)60-56(54-61)57(62)51-48-45-42-39-36-33-30-26-23-20-17-14-11-8-5-2/h9,12,16,18-19,21,25,27-28,34,55-57,61-62H,4-8,10-11,13-15,17,20,22-24,26,29-33,35-54H2,1-3H3,(H,60,63)/b12-9+,19-16-,21-18+,28-25-,34-27+. The van der Waals surface area contributed by atoms with Crippen LogP contribution in [0.5, 0.6) is 0 Å². The van der Waals surface area contributed by atoms with Gasteiger partial charge in [0.2, 0.25) is 5.91 Å². The molecule has 0 bridgehead atoms. The molecule has 0 aliphatic carbocycles. The van der Waals surface area contributed by atoms with Crippen LogP contribution in [0.1, 0.15) is 278 Å². The van der Waals surface area contributed by atoms with Crippen molar-refractivity contribution in [2.75, 3.05) is 6.61 Å². The van der Waals surface area contributed by atoms with E-state index >= 15 is 0 Å². The number of rotatable bonds is 50. The maximum atomic E-state index is 13.3. The first-order valence-electron chi connectivity index (χ1n) is 28.0. The molecule has 0 saturated carbocycles. The van der Waals surface area contributed by atoms with Gasteiger partial charge in [0, 0.05) is 6.42 Å². The molecular weight excluding hydrogens is 803 g/mol. The molecule has 3 N–H and O–H groups in total. The molecule has 0 rings (SSSR count). The van der Waals surface area contributed by atoms with E-state index in [-0.39, 0.29) is 24.9 Å². The molecule has 378 valence electrons. The smallest absolute Gasteiger partial charge is 0.306 e. The Morgan fingerprint density at radius 2 is 0.831 bits per heavy atom. The molecule has 0 aliphatic heterocycles. The SMILES string of the molecule is CC/C=C/C/C=C/C/C=C/CCCCCCC(=O)OC(CCCCCCCCC/C=C\C/C=C\CCCCC)CC(=O)NC(CO)C(O)CCCCCCCCCCCCCCCCC. The summed E-state index contributed by atoms with van der Waals surface area (Å²) in [6, 6.07) is -0.711. The minimum atomic E-state index is -0.796. The Labute approximate surface area is 403 Å². The molecule has 6 heteroatoms. The van der Waals surface area contributed by atoms with E-state index in [0.717, 1.165) is 103 Å². The third-order valence-corrected chi connectivity index (χ3v) is 12.6. The van der Waals surface area contributed by atoms with Crippen LogP contribution >= 0.6 is 0 Å². The van der Waals surface area contributed by atoms with Crippen LogP contribution in [0.2, 0.25) is 0 Å². The van der Waals surface area contributed by atoms with Gasteiger partial charge < -0.3 is 20.3 Å². The second-order valence-electron chi connectivity index (χ2n) is 19.0. The monoisotopic (exact) mass is 910 g/mol. The van der Waals surface area contributed by atoms with Gasteiger partial charge in [0.05, 0.1) is 25.2 Å². The minimum Gasteiger partial charge on any atom is -0.462 e. The Morgan fingerprint density at radius 3 is 1.29 bits per heavy atom. The zero-order valence-corrected chi connectivity index (χ0v) is 43.1. The van der Waals surface area contributed by atoms with Crippen LogP contribution < -0.4 is 5.32 Å². The fraction of sp³-hybridized carbons (Fsp3) is 0.797. The van der Waals surface area contributed by atoms with Crippen molar-refractivity contribution in [1.82, 2.24) is 5.32 Å². The van der Waals surface area contributed by atoms with Gasteiger partial charge >= 0.3 is 5.97 Å². The number of esters is 1. The largest absolute Gasteiger partial charge is 0.462 e. The van der Waals surface area contributed by atoms with Crippen molar-refractivity contribution in [3.05, 3.63) is 60.8 Å². The molecule has 0 aromatic carbocycles. The zero-order valence-electron chi connectivity index (χ0n) is 43.1. The number of carbonyl (C=O) groups is 2. The third-order valence-electron chi connectivity index (χ3n) is 12.6. The third kappa shape index (κ3) is 47.8. The lowest BCUT2D eigenvalue weighted by atomic mass is 10.0. The molecule has 0 aromatic heterocycles. The fourth-order valence-corrected chi connectivity index (χ4v) is 8.36. The molecule has 3 atom stereocenters. The molecule has 3 unspecified atom stereocenters. The van der Waals surface area contributed by atoms with E-state index in [1.54, 1.807) is 0 Å². The van der Waals surface area contributed by atoms with E-state index in [2.05, 4.69) is 86.8 Å². The fourth-order valence-electron chi connectivity index (χ4n) is 8.36. The van der Waals surface area contributed by atoms with Crippen LogP contribution in [0, 0.1) is 0 Å². The average molecular weight is 911 g/mol. The molecule has 0 spiro atoms. The van der Waals surface area contributed by atoms with Crippen LogP contribution in [0.3, 0.4) is 0 Å². The molecule has 0 radical (unpaired) electrons. The topological polar surface area (TPSA) is 95.9 Å². The number of unbranched alkanes of at least 4 members (excludes halogenated alkanes) is 28. The number of amides is 1. The highest BCUT2D eigenvalue weighted by Crippen LogP contribution is 2.18. The molecule has 6 nitrogen and oxygen atoms in total. The van der Waals surface area contributed by atoms with Gasteiger partial charge in [0.15, 0.2) is 0 Å². The quantitative estimate of drug-likeness (QED) is 0.0321. The van der Waals surface area contributed by atoms with Crippen molar-refractivity contribution < 1.29 is 24.5 Å². The number of aliphatic hydroxyl groups excluding tert-OH is 2. The molecule has 0 saturated heterocycles. The van der Waals surface area contributed by atoms with Gasteiger partial charge in [-0.2, -0.15) is 0 Å². The van der Waals surface area contributed by atoms with Crippen LogP contribution in [-0.4, -0.2) is 46.9 Å². The highest BCUT2D eigenvalue weighted by Gasteiger charge is 2.24. The van der Waals surface area contributed by atoms with Crippen molar-refractivity contribution in [3.63, 3.8) is 0 Å². The first-order chi connectivity index (χ1) is 32.0. The van der Waals surface area contributed by atoms with E-state index in [1.807, 2.05) is 0 Å². The van der Waals surface area contributed by atoms with Crippen molar-refractivity contribution >= 4 is 11.9 Å². The van der Waals surface area contributed by atoms with Gasteiger partial charge in [0.25, 0.3) is 0 Å². The first kappa shape index (κ1) is 62.6. The van der Waals surface area contributed by atoms with E-state index < -0.39 is 18.2 Å². The average Bonchev–Trinajstić information content (AvgIpc) is 3.30. The van der Waals surface area contributed by atoms with Crippen LogP contribution in [0.4, 0.5) is 0 Å². The zero-order chi connectivity index (χ0) is 47.4. The number of hydrogen-bond acceptors (Lipinski definition) is 5. The minimum absolute atomic E-state index is 0.0625. The molecule has 0 fully saturated rings. The Balaban J connectivity index is 4.60. The van der Waals surface area contributed by atoms with E-state index in [4.69, 9.17) is 4.74 Å². The lowest BCUT2D eigenvalue weighted by Gasteiger charge is -2.24. The Kier molecular flexibility index (Phi) is 50.6. The number of ether oxygens (including phenoxy) is 1. The van der Waals surface area contributed by atoms with Gasteiger partial charge in [0.1, 0.15) is 6.10 Å². The lowest BCUT2D eigenvalue weighted by Crippen LogP contribution is -2.46. The number of aliphatic hydroxyl groups is 2. The highest BCUT2D eigenvalue weighted by molar-refractivity contribution is 5.77. The van der Waals surface area contributed by atoms with Gasteiger partial charge in [-0.15, -0.1) is 0 Å². The molecule has 0 heterocycles. The summed E-state index contributed by atoms with van der Waals surface area (Å²) < 4.78 is 5.94. The molecule has 0 aliphatic rings. The van der Waals surface area contributed by atoms with E-state index in [0.29, 0.717) is 19.3 Å². The summed E-state index contributed by atoms with van der Waals surface area (Å²) in [7, 11) is 0. The molecular formula is C59H107NO5. The molecule has 65 heavy (non-hydrogen) atoms. The summed E-state index contributed by atoms with van der Waals surface area (Å²) in [4.78, 5) is 26.2. The number of carbonyl (C=O) groups excluding carboxylic acids is 2. The predicted octanol–water partition coefficient (Wildman–Crippen LogP) is 17.2. The Bertz CT molecular complexity index is 1160. The second-order valence-corrected chi connectivity index (χ2v) is 19.0. The number of hydrogen-bond donors (Lipinski definition) is 3. The van der Waals surface area contributed by atoms with Gasteiger partial charge in [-0.05, 0) is 89.9 Å². The van der Waals surface area contributed by atoms with Crippen molar-refractivity contribution in [1.29, 1.82) is 0 Å². The maximum absolute atomic E-state index is 13.3. The van der Waals surface area contributed by atoms with Gasteiger partial charge in [-0.25, -0.2) is 0 Å². The second kappa shape index (κ2) is 52.5. The van der Waals surface area contributed by atoms with Gasteiger partial charge in [-0.1, -0.05) is 236 Å². The van der Waals surface area contributed by atoms with Crippen molar-refractivity contribution in [2.45, 2.75) is 296 Å². The first-order valence-corrected chi connectivity index (χ1v) is 28.0. The van der Waals surface area contributed by atoms with Crippen LogP contribution in [-0.2, 0) is 14.3 Å². The summed E-state index contributed by atoms with van der Waals surface area (Å²) in [5.41, 5.74) is 0. The summed E-state index contributed by atoms with van der Waals surface area (Å²) in [5, 5.41) is 23.9. The maximum Gasteiger partial charge on any atom is 0.306 e. The van der Waals surface area contributed by atoms with Crippen molar-refractivity contribution in [3.8, 4) is 0 Å². The van der Waals surface area contributed by atoms with E-state index in [9.17, 15) is 19.8 Å². The van der Waals surface area contributed by atoms with E-state index in [1.165, 1.54) is 128 Å². The summed E-state index contributed by atoms with van der Waals surface area (Å²) in [6.07, 6.45) is 65.6. The molecule has 0 aromatic rings. The molecule has 1 amide bonds. The Morgan fingerprint density at radius 1 is 0.462 bits per heavy atom.